The zero-order valence-corrected chi connectivity index (χ0v) is 12.0. The van der Waals surface area contributed by atoms with E-state index in [2.05, 4.69) is 20.8 Å². The quantitative estimate of drug-likeness (QED) is 0.668. The minimum atomic E-state index is -0.588. The number of hydrogen-bond donors (Lipinski definition) is 3. The second kappa shape index (κ2) is 6.79. The fourth-order valence-electron chi connectivity index (χ4n) is 1.37. The van der Waals surface area contributed by atoms with Crippen LogP contribution in [-0.2, 0) is 18.4 Å². The number of nitrogens with two attached hydrogens (primary N) is 1. The minimum absolute atomic E-state index is 0.0279. The normalized spacial score (nSPS) is 10.3. The summed E-state index contributed by atoms with van der Waals surface area (Å²) in [6, 6.07) is 2.84. The summed E-state index contributed by atoms with van der Waals surface area (Å²) in [7, 11) is 1.69. The van der Waals surface area contributed by atoms with Crippen LogP contribution in [0.1, 0.15) is 5.76 Å². The maximum absolute atomic E-state index is 11.6. The first-order valence-corrected chi connectivity index (χ1v) is 6.92. The summed E-state index contributed by atoms with van der Waals surface area (Å²) in [4.78, 5) is 23.1. The summed E-state index contributed by atoms with van der Waals surface area (Å²) >= 11 is 1.13. The number of imide groups is 1. The number of amides is 3. The zero-order valence-electron chi connectivity index (χ0n) is 11.2. The van der Waals surface area contributed by atoms with Gasteiger partial charge in [-0.05, 0) is 12.1 Å². The van der Waals surface area contributed by atoms with E-state index in [-0.39, 0.29) is 18.2 Å². The van der Waals surface area contributed by atoms with Gasteiger partial charge in [0.15, 0.2) is 5.16 Å². The van der Waals surface area contributed by atoms with Crippen LogP contribution in [0.2, 0.25) is 0 Å². The van der Waals surface area contributed by atoms with Crippen molar-refractivity contribution >= 4 is 29.6 Å². The van der Waals surface area contributed by atoms with Gasteiger partial charge in [-0.2, -0.15) is 0 Å². The molecule has 0 aliphatic heterocycles. The first kappa shape index (κ1) is 14.9. The summed E-state index contributed by atoms with van der Waals surface area (Å²) < 4.78 is 6.60. The van der Waals surface area contributed by atoms with Gasteiger partial charge in [-0.3, -0.25) is 14.7 Å². The maximum Gasteiger partial charge on any atom is 0.321 e. The Labute approximate surface area is 124 Å². The molecule has 2 rings (SSSR count). The summed E-state index contributed by atoms with van der Waals surface area (Å²) in [5.74, 6) is 0.439. The van der Waals surface area contributed by atoms with Crippen LogP contribution in [-0.4, -0.2) is 32.5 Å². The first-order valence-electron chi connectivity index (χ1n) is 5.94. The molecule has 112 valence electrons. The summed E-state index contributed by atoms with van der Waals surface area (Å²) in [5, 5.41) is 12.7. The molecule has 2 heterocycles. The van der Waals surface area contributed by atoms with Crippen molar-refractivity contribution in [1.29, 1.82) is 0 Å². The molecule has 0 saturated heterocycles. The smallest absolute Gasteiger partial charge is 0.321 e. The Morgan fingerprint density at radius 3 is 2.90 bits per heavy atom. The minimum Gasteiger partial charge on any atom is -0.467 e. The summed E-state index contributed by atoms with van der Waals surface area (Å²) in [6.45, 7) is 0.207. The van der Waals surface area contributed by atoms with E-state index in [0.29, 0.717) is 10.9 Å². The summed E-state index contributed by atoms with van der Waals surface area (Å²) in [5.41, 5.74) is 5.52. The number of anilines is 1. The van der Waals surface area contributed by atoms with Crippen LogP contribution in [0.25, 0.3) is 0 Å². The van der Waals surface area contributed by atoms with Gasteiger partial charge in [-0.15, -0.1) is 10.2 Å². The van der Waals surface area contributed by atoms with Crippen LogP contribution < -0.4 is 16.4 Å². The molecule has 3 amide bonds. The van der Waals surface area contributed by atoms with Gasteiger partial charge in [-0.25, -0.2) is 4.79 Å². The van der Waals surface area contributed by atoms with Gasteiger partial charge in [0.05, 0.1) is 18.6 Å². The Balaban J connectivity index is 1.71. The van der Waals surface area contributed by atoms with Crippen LogP contribution >= 0.6 is 11.8 Å². The molecule has 0 atom stereocenters. The third kappa shape index (κ3) is 4.24. The number of carbonyl (C=O) groups excluding carboxylic acids is 2. The second-order valence-electron chi connectivity index (χ2n) is 4.00. The van der Waals surface area contributed by atoms with Gasteiger partial charge in [0.25, 0.3) is 0 Å². The molecule has 0 aliphatic rings. The Bertz CT molecular complexity index is 624. The second-order valence-corrected chi connectivity index (χ2v) is 4.94. The predicted octanol–water partition coefficient (Wildman–Crippen LogP) is 0.108. The van der Waals surface area contributed by atoms with Crippen molar-refractivity contribution < 1.29 is 14.0 Å². The van der Waals surface area contributed by atoms with Crippen molar-refractivity contribution in [2.45, 2.75) is 11.7 Å². The molecule has 0 radical (unpaired) electrons. The van der Waals surface area contributed by atoms with Gasteiger partial charge in [0.2, 0.25) is 11.9 Å². The van der Waals surface area contributed by atoms with E-state index in [0.717, 1.165) is 11.8 Å². The average Bonchev–Trinajstić information content (AvgIpc) is 3.07. The van der Waals surface area contributed by atoms with Crippen molar-refractivity contribution in [3.05, 3.63) is 24.2 Å². The molecular formula is C11H14N6O3S. The highest BCUT2D eigenvalue weighted by molar-refractivity contribution is 7.99. The lowest BCUT2D eigenvalue weighted by Gasteiger charge is -2.05. The van der Waals surface area contributed by atoms with E-state index in [4.69, 9.17) is 10.2 Å². The first-order chi connectivity index (χ1) is 10.1. The molecule has 21 heavy (non-hydrogen) atoms. The Morgan fingerprint density at radius 1 is 1.48 bits per heavy atom. The van der Waals surface area contributed by atoms with E-state index in [1.807, 2.05) is 0 Å². The van der Waals surface area contributed by atoms with E-state index in [1.54, 1.807) is 23.7 Å². The molecule has 4 N–H and O–H groups in total. The lowest BCUT2D eigenvalue weighted by atomic mass is 10.4. The molecule has 0 bridgehead atoms. The van der Waals surface area contributed by atoms with Gasteiger partial charge in [0.1, 0.15) is 5.76 Å². The molecule has 0 aliphatic carbocycles. The molecule has 0 aromatic carbocycles. The topological polar surface area (TPSA) is 128 Å². The van der Waals surface area contributed by atoms with Gasteiger partial charge in [-0.1, -0.05) is 11.8 Å². The van der Waals surface area contributed by atoms with Gasteiger partial charge < -0.3 is 15.5 Å². The number of urea groups is 1. The highest BCUT2D eigenvalue weighted by Gasteiger charge is 2.12. The van der Waals surface area contributed by atoms with Gasteiger partial charge in [0, 0.05) is 7.05 Å². The van der Waals surface area contributed by atoms with Crippen LogP contribution in [0, 0.1) is 0 Å². The molecule has 10 heteroatoms. The third-order valence-corrected chi connectivity index (χ3v) is 3.48. The molecule has 0 spiro atoms. The predicted molar refractivity (Wildman–Crippen MR) is 75.2 cm³/mol. The van der Waals surface area contributed by atoms with Crippen LogP contribution in [0.15, 0.2) is 28.0 Å². The molecule has 0 fully saturated rings. The number of thioether (sulfide) groups is 1. The molecule has 0 unspecified atom stereocenters. The Morgan fingerprint density at radius 2 is 2.29 bits per heavy atom. The lowest BCUT2D eigenvalue weighted by molar-refractivity contribution is -0.117. The average molecular weight is 310 g/mol. The number of aromatic nitrogens is 3. The largest absolute Gasteiger partial charge is 0.467 e. The number of carbonyl (C=O) groups is 2. The Kier molecular flexibility index (Phi) is 4.82. The maximum atomic E-state index is 11.6. The van der Waals surface area contributed by atoms with E-state index < -0.39 is 11.9 Å². The number of nitrogen functional groups attached to an aromatic ring is 1. The highest BCUT2D eigenvalue weighted by atomic mass is 32.2. The molecule has 9 nitrogen and oxygen atoms in total. The summed E-state index contributed by atoms with van der Waals surface area (Å²) in [6.07, 6.45) is 1.50. The van der Waals surface area contributed by atoms with Crippen molar-refractivity contribution in [3.63, 3.8) is 0 Å². The number of rotatable bonds is 5. The fourth-order valence-corrected chi connectivity index (χ4v) is 2.09. The fraction of sp³-hybridized carbons (Fsp3) is 0.273. The number of nitrogens with one attached hydrogen (secondary N) is 2. The SMILES string of the molecule is Cn1c(N)nnc1SCC(=O)NC(=O)NCc1ccco1. The van der Waals surface area contributed by atoms with Crippen molar-refractivity contribution in [2.24, 2.45) is 7.05 Å². The van der Waals surface area contributed by atoms with E-state index >= 15 is 0 Å². The monoisotopic (exact) mass is 310 g/mol. The molecule has 2 aromatic rings. The third-order valence-electron chi connectivity index (χ3n) is 2.46. The number of furan rings is 1. The van der Waals surface area contributed by atoms with E-state index in [1.165, 1.54) is 6.26 Å². The highest BCUT2D eigenvalue weighted by Crippen LogP contribution is 2.15. The van der Waals surface area contributed by atoms with Crippen molar-refractivity contribution in [2.75, 3.05) is 11.5 Å². The van der Waals surface area contributed by atoms with E-state index in [9.17, 15) is 9.59 Å². The number of hydrogen-bond acceptors (Lipinski definition) is 7. The van der Waals surface area contributed by atoms with Crippen molar-refractivity contribution in [3.8, 4) is 0 Å². The molecule has 2 aromatic heterocycles. The van der Waals surface area contributed by atoms with Gasteiger partial charge >= 0.3 is 6.03 Å². The standard InChI is InChI=1S/C11H14N6O3S/c1-17-9(12)15-16-11(17)21-6-8(18)14-10(19)13-5-7-3-2-4-20-7/h2-4H,5-6H2,1H3,(H2,12,15)(H2,13,14,18,19). The van der Waals surface area contributed by atoms with Crippen LogP contribution in [0.5, 0.6) is 0 Å². The van der Waals surface area contributed by atoms with Crippen LogP contribution in [0.3, 0.4) is 0 Å². The lowest BCUT2D eigenvalue weighted by Crippen LogP contribution is -2.39. The molecule has 0 saturated carbocycles. The van der Waals surface area contributed by atoms with Crippen LogP contribution in [0.4, 0.5) is 10.7 Å². The van der Waals surface area contributed by atoms with Crippen molar-refractivity contribution in [1.82, 2.24) is 25.4 Å². The molecular weight excluding hydrogens is 296 g/mol. The number of nitrogens with zero attached hydrogens (tertiary/aromatic N) is 3. The zero-order chi connectivity index (χ0) is 15.2. The Hall–Kier alpha value is -2.49.